The number of nitrogens with zero attached hydrogens (tertiary/aromatic N) is 3. The molecule has 1 aromatic heterocycles. The number of carbonyl (C=O) groups is 2. The molecule has 16 heavy (non-hydrogen) atoms. The molecule has 0 fully saturated rings. The van der Waals surface area contributed by atoms with E-state index in [0.29, 0.717) is 5.71 Å². The molecule has 0 aliphatic carbocycles. The molecular formula is C8H12N6O2. The highest BCUT2D eigenvalue weighted by atomic mass is 16.2. The number of nitrogens with two attached hydrogens (primary N) is 2. The van der Waals surface area contributed by atoms with Gasteiger partial charge in [0.2, 0.25) is 0 Å². The predicted octanol–water partition coefficient (Wildman–Crippen LogP) is -0.482. The van der Waals surface area contributed by atoms with Crippen molar-refractivity contribution in [3.8, 4) is 0 Å². The third kappa shape index (κ3) is 2.35. The van der Waals surface area contributed by atoms with Crippen molar-refractivity contribution in [2.45, 2.75) is 13.8 Å². The molecule has 0 spiro atoms. The Kier molecular flexibility index (Phi) is 3.24. The molecule has 8 heteroatoms. The molecule has 86 valence electrons. The highest BCUT2D eigenvalue weighted by Gasteiger charge is 2.16. The predicted molar refractivity (Wildman–Crippen MR) is 57.9 cm³/mol. The summed E-state index contributed by atoms with van der Waals surface area (Å²) in [7, 11) is 0. The Hall–Kier alpha value is -2.38. The maximum atomic E-state index is 11.5. The summed E-state index contributed by atoms with van der Waals surface area (Å²) in [5.74, 6) is -0.909. The first kappa shape index (κ1) is 11.7. The van der Waals surface area contributed by atoms with Crippen molar-refractivity contribution < 1.29 is 9.59 Å². The van der Waals surface area contributed by atoms with Crippen LogP contribution < -0.4 is 16.9 Å². The van der Waals surface area contributed by atoms with E-state index in [0.717, 1.165) is 10.9 Å². The van der Waals surface area contributed by atoms with Gasteiger partial charge >= 0.3 is 6.03 Å². The first-order valence-electron chi connectivity index (χ1n) is 4.37. The molecule has 0 radical (unpaired) electrons. The Morgan fingerprint density at radius 3 is 2.56 bits per heavy atom. The van der Waals surface area contributed by atoms with Crippen LogP contribution in [-0.2, 0) is 0 Å². The first-order chi connectivity index (χ1) is 7.43. The van der Waals surface area contributed by atoms with E-state index in [2.05, 4.69) is 15.5 Å². The van der Waals surface area contributed by atoms with Gasteiger partial charge in [0.15, 0.2) is 5.69 Å². The Morgan fingerprint density at radius 2 is 2.12 bits per heavy atom. The lowest BCUT2D eigenvalue weighted by Crippen LogP contribution is -2.26. The lowest BCUT2D eigenvalue weighted by molar-refractivity contribution is 0.0997. The number of carbonyl (C=O) groups excluding carboxylic acids is 2. The van der Waals surface area contributed by atoms with Gasteiger partial charge in [-0.1, -0.05) is 0 Å². The maximum absolute atomic E-state index is 11.5. The van der Waals surface area contributed by atoms with Gasteiger partial charge in [0.1, 0.15) is 12.1 Å². The topological polar surface area (TPSA) is 128 Å². The van der Waals surface area contributed by atoms with Crippen LogP contribution in [0.4, 0.5) is 10.6 Å². The second kappa shape index (κ2) is 4.43. The number of hydrogen-bond donors (Lipinski definition) is 3. The summed E-state index contributed by atoms with van der Waals surface area (Å²) in [6.07, 6.45) is 1.10. The largest absolute Gasteiger partial charge is 0.383 e. The normalized spacial score (nSPS) is 9.62. The average molecular weight is 224 g/mol. The van der Waals surface area contributed by atoms with Gasteiger partial charge in [0.05, 0.1) is 0 Å². The second-order valence-corrected chi connectivity index (χ2v) is 3.19. The lowest BCUT2D eigenvalue weighted by Gasteiger charge is -2.02. The smallest absolute Gasteiger partial charge is 0.348 e. The van der Waals surface area contributed by atoms with Crippen LogP contribution in [-0.4, -0.2) is 27.2 Å². The fourth-order valence-electron chi connectivity index (χ4n) is 0.923. The summed E-state index contributed by atoms with van der Waals surface area (Å²) < 4.78 is 0.951. The zero-order chi connectivity index (χ0) is 12.3. The van der Waals surface area contributed by atoms with Crippen LogP contribution in [0.15, 0.2) is 11.4 Å². The Balaban J connectivity index is 2.93. The minimum Gasteiger partial charge on any atom is -0.383 e. The fraction of sp³-hybridized carbons (Fsp3) is 0.250. The van der Waals surface area contributed by atoms with Gasteiger partial charge in [-0.2, -0.15) is 5.10 Å². The lowest BCUT2D eigenvalue weighted by atomic mass is 10.4. The molecule has 1 rings (SSSR count). The van der Waals surface area contributed by atoms with E-state index in [4.69, 9.17) is 11.5 Å². The quantitative estimate of drug-likeness (QED) is 0.462. The number of anilines is 1. The molecule has 0 aliphatic heterocycles. The van der Waals surface area contributed by atoms with E-state index in [-0.39, 0.29) is 11.5 Å². The molecular weight excluding hydrogens is 212 g/mol. The SMILES string of the molecule is CC(C)=NNC(=O)n1cnc(C(N)=O)c1N. The molecule has 0 atom stereocenters. The zero-order valence-corrected chi connectivity index (χ0v) is 8.89. The number of aromatic nitrogens is 2. The highest BCUT2D eigenvalue weighted by Crippen LogP contribution is 2.08. The number of nitrogen functional groups attached to an aromatic ring is 1. The third-order valence-corrected chi connectivity index (χ3v) is 1.63. The van der Waals surface area contributed by atoms with Crippen LogP contribution in [0, 0.1) is 0 Å². The van der Waals surface area contributed by atoms with E-state index >= 15 is 0 Å². The summed E-state index contributed by atoms with van der Waals surface area (Å²) in [5.41, 5.74) is 13.3. The van der Waals surface area contributed by atoms with Gasteiger partial charge in [-0.25, -0.2) is 19.8 Å². The average Bonchev–Trinajstić information content (AvgIpc) is 2.56. The Bertz CT molecular complexity index is 457. The Labute approximate surface area is 91.3 Å². The molecule has 1 heterocycles. The minimum atomic E-state index is -0.792. The number of nitrogens with one attached hydrogen (secondary N) is 1. The van der Waals surface area contributed by atoms with Crippen molar-refractivity contribution in [1.29, 1.82) is 0 Å². The van der Waals surface area contributed by atoms with Gasteiger partial charge in [-0.3, -0.25) is 4.79 Å². The number of rotatable bonds is 2. The van der Waals surface area contributed by atoms with Crippen molar-refractivity contribution in [2.75, 3.05) is 5.73 Å². The monoisotopic (exact) mass is 224 g/mol. The molecule has 0 saturated carbocycles. The van der Waals surface area contributed by atoms with Crippen molar-refractivity contribution in [3.63, 3.8) is 0 Å². The number of hydrogen-bond acceptors (Lipinski definition) is 5. The van der Waals surface area contributed by atoms with Crippen LogP contribution in [0.2, 0.25) is 0 Å². The minimum absolute atomic E-state index is 0.117. The van der Waals surface area contributed by atoms with Crippen LogP contribution >= 0.6 is 0 Å². The van der Waals surface area contributed by atoms with Gasteiger partial charge < -0.3 is 11.5 Å². The van der Waals surface area contributed by atoms with Crippen LogP contribution in [0.25, 0.3) is 0 Å². The molecule has 0 saturated heterocycles. The molecule has 1 aromatic rings. The first-order valence-corrected chi connectivity index (χ1v) is 4.37. The third-order valence-electron chi connectivity index (χ3n) is 1.63. The standard InChI is InChI=1S/C8H12N6O2/c1-4(2)12-13-8(16)14-3-11-5(6(14)9)7(10)15/h3H,9H2,1-2H3,(H2,10,15)(H,13,16). The molecule has 2 amide bonds. The zero-order valence-electron chi connectivity index (χ0n) is 8.89. The van der Waals surface area contributed by atoms with E-state index in [9.17, 15) is 9.59 Å². The van der Waals surface area contributed by atoms with E-state index in [1.165, 1.54) is 0 Å². The van der Waals surface area contributed by atoms with Crippen molar-refractivity contribution in [1.82, 2.24) is 15.0 Å². The van der Waals surface area contributed by atoms with Gasteiger partial charge in [-0.15, -0.1) is 0 Å². The molecule has 0 bridgehead atoms. The van der Waals surface area contributed by atoms with Crippen molar-refractivity contribution in [2.24, 2.45) is 10.8 Å². The number of primary amides is 1. The van der Waals surface area contributed by atoms with E-state index in [1.54, 1.807) is 13.8 Å². The van der Waals surface area contributed by atoms with E-state index in [1.807, 2.05) is 0 Å². The van der Waals surface area contributed by atoms with Gasteiger partial charge in [-0.05, 0) is 13.8 Å². The van der Waals surface area contributed by atoms with Crippen molar-refractivity contribution in [3.05, 3.63) is 12.0 Å². The van der Waals surface area contributed by atoms with Gasteiger partial charge in [0.25, 0.3) is 5.91 Å². The Morgan fingerprint density at radius 1 is 1.50 bits per heavy atom. The second-order valence-electron chi connectivity index (χ2n) is 3.19. The number of imidazole rings is 1. The molecule has 0 aromatic carbocycles. The van der Waals surface area contributed by atoms with E-state index < -0.39 is 11.9 Å². The highest BCUT2D eigenvalue weighted by molar-refractivity contribution is 5.97. The summed E-state index contributed by atoms with van der Waals surface area (Å²) in [4.78, 5) is 25.9. The molecule has 0 unspecified atom stereocenters. The summed E-state index contributed by atoms with van der Waals surface area (Å²) in [6.45, 7) is 3.43. The summed E-state index contributed by atoms with van der Waals surface area (Å²) >= 11 is 0. The van der Waals surface area contributed by atoms with Crippen LogP contribution in [0.1, 0.15) is 24.3 Å². The number of hydrazone groups is 1. The van der Waals surface area contributed by atoms with Gasteiger partial charge in [0, 0.05) is 5.71 Å². The maximum Gasteiger partial charge on any atom is 0.348 e. The van der Waals surface area contributed by atoms with Crippen LogP contribution in [0.3, 0.4) is 0 Å². The molecule has 0 aliphatic rings. The van der Waals surface area contributed by atoms with Crippen molar-refractivity contribution >= 4 is 23.5 Å². The number of amides is 2. The molecule has 8 nitrogen and oxygen atoms in total. The van der Waals surface area contributed by atoms with Crippen LogP contribution in [0.5, 0.6) is 0 Å². The summed E-state index contributed by atoms with van der Waals surface area (Å²) in [6, 6.07) is -0.612. The fourth-order valence-corrected chi connectivity index (χ4v) is 0.923. The molecule has 5 N–H and O–H groups in total. The summed E-state index contributed by atoms with van der Waals surface area (Å²) in [5, 5.41) is 3.69.